The van der Waals surface area contributed by atoms with Crippen molar-refractivity contribution in [3.05, 3.63) is 35.3 Å². The fourth-order valence-electron chi connectivity index (χ4n) is 2.41. The molecule has 3 rings (SSSR count). The fraction of sp³-hybridized carbons (Fsp3) is 0.385. The first-order valence-corrected chi connectivity index (χ1v) is 7.11. The number of aromatic nitrogens is 3. The second-order valence-electron chi connectivity index (χ2n) is 4.84. The van der Waals surface area contributed by atoms with Gasteiger partial charge in [0.05, 0.1) is 23.8 Å². The van der Waals surface area contributed by atoms with Crippen LogP contribution < -0.4 is 10.2 Å². The number of halogens is 1. The van der Waals surface area contributed by atoms with E-state index in [2.05, 4.69) is 48.5 Å². The fourth-order valence-corrected chi connectivity index (χ4v) is 2.78. The van der Waals surface area contributed by atoms with Crippen molar-refractivity contribution < 1.29 is 0 Å². The Morgan fingerprint density at radius 3 is 3.00 bits per heavy atom. The zero-order valence-electron chi connectivity index (χ0n) is 10.8. The maximum absolute atomic E-state index is 4.22. The molecule has 0 amide bonds. The van der Waals surface area contributed by atoms with E-state index in [1.807, 2.05) is 24.1 Å². The first-order valence-electron chi connectivity index (χ1n) is 6.31. The standard InChI is InChI=1S/C13H16BrN5/c1-18-9-13(7-16-18)19-3-2-11(8-19)17-12-4-10(14)5-15-6-12/h4-7,9,11,17H,2-3,8H2,1H3/t11-/m1/s1. The zero-order chi connectivity index (χ0) is 13.2. The summed E-state index contributed by atoms with van der Waals surface area (Å²) in [4.78, 5) is 6.53. The molecule has 2 aromatic heterocycles. The minimum Gasteiger partial charge on any atom is -0.379 e. The molecule has 2 aromatic rings. The Balaban J connectivity index is 1.63. The van der Waals surface area contributed by atoms with Crippen molar-refractivity contribution in [1.82, 2.24) is 14.8 Å². The van der Waals surface area contributed by atoms with E-state index >= 15 is 0 Å². The van der Waals surface area contributed by atoms with Crippen LogP contribution in [0.2, 0.25) is 0 Å². The van der Waals surface area contributed by atoms with Gasteiger partial charge in [-0.25, -0.2) is 0 Å². The van der Waals surface area contributed by atoms with Crippen LogP contribution in [0, 0.1) is 0 Å². The number of aryl methyl sites for hydroxylation is 1. The van der Waals surface area contributed by atoms with Gasteiger partial charge in [0.1, 0.15) is 0 Å². The van der Waals surface area contributed by atoms with E-state index in [0.717, 1.165) is 29.7 Å². The number of rotatable bonds is 3. The zero-order valence-corrected chi connectivity index (χ0v) is 12.3. The monoisotopic (exact) mass is 321 g/mol. The highest BCUT2D eigenvalue weighted by Crippen LogP contribution is 2.22. The van der Waals surface area contributed by atoms with Crippen LogP contribution in [-0.4, -0.2) is 33.9 Å². The average molecular weight is 322 g/mol. The molecule has 1 aliphatic rings. The summed E-state index contributed by atoms with van der Waals surface area (Å²) in [6.07, 6.45) is 8.76. The summed E-state index contributed by atoms with van der Waals surface area (Å²) >= 11 is 3.44. The van der Waals surface area contributed by atoms with Crippen molar-refractivity contribution in [3.8, 4) is 0 Å². The maximum Gasteiger partial charge on any atom is 0.0753 e. The van der Waals surface area contributed by atoms with E-state index in [0.29, 0.717) is 6.04 Å². The van der Waals surface area contributed by atoms with E-state index in [-0.39, 0.29) is 0 Å². The minimum absolute atomic E-state index is 0.455. The molecule has 6 heteroatoms. The lowest BCUT2D eigenvalue weighted by Gasteiger charge is -2.17. The number of pyridine rings is 1. The second-order valence-corrected chi connectivity index (χ2v) is 5.76. The molecule has 5 nitrogen and oxygen atoms in total. The Hall–Kier alpha value is -1.56. The number of anilines is 2. The lowest BCUT2D eigenvalue weighted by molar-refractivity contribution is 0.767. The molecule has 0 saturated carbocycles. The van der Waals surface area contributed by atoms with Crippen LogP contribution in [-0.2, 0) is 7.05 Å². The van der Waals surface area contributed by atoms with Gasteiger partial charge in [0.25, 0.3) is 0 Å². The summed E-state index contributed by atoms with van der Waals surface area (Å²) < 4.78 is 2.84. The van der Waals surface area contributed by atoms with E-state index in [1.165, 1.54) is 5.69 Å². The molecule has 1 fully saturated rings. The molecule has 1 N–H and O–H groups in total. The Bertz CT molecular complexity index is 568. The molecule has 0 radical (unpaired) electrons. The summed E-state index contributed by atoms with van der Waals surface area (Å²) in [5.41, 5.74) is 2.26. The van der Waals surface area contributed by atoms with Gasteiger partial charge < -0.3 is 10.2 Å². The van der Waals surface area contributed by atoms with Crippen molar-refractivity contribution in [2.45, 2.75) is 12.5 Å². The van der Waals surface area contributed by atoms with Crippen molar-refractivity contribution in [2.24, 2.45) is 7.05 Å². The molecule has 0 spiro atoms. The number of nitrogens with zero attached hydrogens (tertiary/aromatic N) is 4. The Morgan fingerprint density at radius 2 is 2.26 bits per heavy atom. The highest BCUT2D eigenvalue weighted by atomic mass is 79.9. The summed E-state index contributed by atoms with van der Waals surface area (Å²) in [6, 6.07) is 2.51. The largest absolute Gasteiger partial charge is 0.379 e. The SMILES string of the molecule is Cn1cc(N2CC[C@@H](Nc3cncc(Br)c3)C2)cn1. The number of nitrogens with one attached hydrogen (secondary N) is 1. The Morgan fingerprint density at radius 1 is 1.37 bits per heavy atom. The lowest BCUT2D eigenvalue weighted by atomic mass is 10.2. The van der Waals surface area contributed by atoms with Crippen LogP contribution in [0.1, 0.15) is 6.42 Å². The van der Waals surface area contributed by atoms with Gasteiger partial charge in [-0.1, -0.05) is 0 Å². The van der Waals surface area contributed by atoms with Gasteiger partial charge in [0.15, 0.2) is 0 Å². The van der Waals surface area contributed by atoms with Crippen LogP contribution in [0.3, 0.4) is 0 Å². The molecular weight excluding hydrogens is 306 g/mol. The van der Waals surface area contributed by atoms with Crippen LogP contribution in [0.5, 0.6) is 0 Å². The van der Waals surface area contributed by atoms with Crippen molar-refractivity contribution in [1.29, 1.82) is 0 Å². The van der Waals surface area contributed by atoms with E-state index in [1.54, 1.807) is 6.20 Å². The number of hydrogen-bond donors (Lipinski definition) is 1. The first-order chi connectivity index (χ1) is 9.20. The molecular formula is C13H16BrN5. The molecule has 100 valence electrons. The third kappa shape index (κ3) is 2.89. The second kappa shape index (κ2) is 5.21. The van der Waals surface area contributed by atoms with Crippen LogP contribution in [0.4, 0.5) is 11.4 Å². The Kier molecular flexibility index (Phi) is 3.42. The topological polar surface area (TPSA) is 46.0 Å². The van der Waals surface area contributed by atoms with Gasteiger partial charge in [-0.05, 0) is 28.4 Å². The normalized spacial score (nSPS) is 18.8. The van der Waals surface area contributed by atoms with Crippen molar-refractivity contribution in [3.63, 3.8) is 0 Å². The molecule has 0 aliphatic carbocycles. The smallest absolute Gasteiger partial charge is 0.0753 e. The van der Waals surface area contributed by atoms with Gasteiger partial charge in [-0.2, -0.15) is 5.10 Å². The molecule has 1 aliphatic heterocycles. The highest BCUT2D eigenvalue weighted by Gasteiger charge is 2.23. The maximum atomic E-state index is 4.22. The van der Waals surface area contributed by atoms with Crippen LogP contribution in [0.25, 0.3) is 0 Å². The third-order valence-corrected chi connectivity index (χ3v) is 3.75. The van der Waals surface area contributed by atoms with Gasteiger partial charge in [0, 0.05) is 43.0 Å². The van der Waals surface area contributed by atoms with E-state index in [9.17, 15) is 0 Å². The highest BCUT2D eigenvalue weighted by molar-refractivity contribution is 9.10. The van der Waals surface area contributed by atoms with Crippen LogP contribution in [0.15, 0.2) is 35.3 Å². The Labute approximate surface area is 120 Å². The van der Waals surface area contributed by atoms with Crippen molar-refractivity contribution in [2.75, 3.05) is 23.3 Å². The number of hydrogen-bond acceptors (Lipinski definition) is 4. The third-order valence-electron chi connectivity index (χ3n) is 3.32. The molecule has 1 saturated heterocycles. The molecule has 3 heterocycles. The molecule has 1 atom stereocenters. The summed E-state index contributed by atoms with van der Waals surface area (Å²) in [5, 5.41) is 7.75. The predicted molar refractivity (Wildman–Crippen MR) is 79.4 cm³/mol. The summed E-state index contributed by atoms with van der Waals surface area (Å²) in [6.45, 7) is 2.06. The average Bonchev–Trinajstić information content (AvgIpc) is 2.98. The van der Waals surface area contributed by atoms with Gasteiger partial charge in [-0.15, -0.1) is 0 Å². The minimum atomic E-state index is 0.455. The molecule has 0 bridgehead atoms. The quantitative estimate of drug-likeness (QED) is 0.942. The summed E-state index contributed by atoms with van der Waals surface area (Å²) in [7, 11) is 1.95. The van der Waals surface area contributed by atoms with E-state index < -0.39 is 0 Å². The predicted octanol–water partition coefficient (Wildman–Crippen LogP) is 2.27. The van der Waals surface area contributed by atoms with E-state index in [4.69, 9.17) is 0 Å². The van der Waals surface area contributed by atoms with Crippen LogP contribution >= 0.6 is 15.9 Å². The van der Waals surface area contributed by atoms with Gasteiger partial charge in [-0.3, -0.25) is 9.67 Å². The molecule has 0 aromatic carbocycles. The van der Waals surface area contributed by atoms with Gasteiger partial charge >= 0.3 is 0 Å². The molecule has 0 unspecified atom stereocenters. The first kappa shape index (κ1) is 12.5. The lowest BCUT2D eigenvalue weighted by Crippen LogP contribution is -2.25. The molecule has 19 heavy (non-hydrogen) atoms. The van der Waals surface area contributed by atoms with Crippen molar-refractivity contribution >= 4 is 27.3 Å². The van der Waals surface area contributed by atoms with Gasteiger partial charge in [0.2, 0.25) is 0 Å². The summed E-state index contributed by atoms with van der Waals surface area (Å²) in [5.74, 6) is 0.